The lowest BCUT2D eigenvalue weighted by atomic mass is 10.2. The van der Waals surface area contributed by atoms with Gasteiger partial charge in [0, 0.05) is 12.7 Å². The molecule has 1 aromatic carbocycles. The highest BCUT2D eigenvalue weighted by molar-refractivity contribution is 7.22. The van der Waals surface area contributed by atoms with E-state index in [-0.39, 0.29) is 5.82 Å². The molecule has 90 valence electrons. The van der Waals surface area contributed by atoms with Gasteiger partial charge in [0.25, 0.3) is 0 Å². The van der Waals surface area contributed by atoms with Crippen LogP contribution in [0.5, 0.6) is 0 Å². The molecule has 0 unspecified atom stereocenters. The Hall–Kier alpha value is -1.78. The van der Waals surface area contributed by atoms with Crippen molar-refractivity contribution >= 4 is 21.4 Å². The molecule has 0 atom stereocenters. The molecule has 0 radical (unpaired) electrons. The fraction of sp³-hybridized carbons (Fsp3) is 0.0714. The Morgan fingerprint density at radius 2 is 2.11 bits per heavy atom. The minimum absolute atomic E-state index is 0.182. The molecule has 2 heterocycles. The highest BCUT2D eigenvalue weighted by Crippen LogP contribution is 2.34. The van der Waals surface area contributed by atoms with Gasteiger partial charge in [-0.05, 0) is 35.2 Å². The van der Waals surface area contributed by atoms with Crippen molar-refractivity contribution in [2.24, 2.45) is 5.73 Å². The van der Waals surface area contributed by atoms with Crippen LogP contribution in [-0.2, 0) is 6.54 Å². The van der Waals surface area contributed by atoms with Crippen molar-refractivity contribution in [3.05, 3.63) is 54.0 Å². The van der Waals surface area contributed by atoms with E-state index in [1.54, 1.807) is 12.3 Å². The molecule has 2 N–H and O–H groups in total. The summed E-state index contributed by atoms with van der Waals surface area (Å²) in [4.78, 5) is 5.28. The van der Waals surface area contributed by atoms with Gasteiger partial charge in [-0.1, -0.05) is 12.1 Å². The lowest BCUT2D eigenvalue weighted by Crippen LogP contribution is -1.96. The van der Waals surface area contributed by atoms with Crippen molar-refractivity contribution < 1.29 is 4.39 Å². The number of hydrogen-bond acceptors (Lipinski definition) is 3. The van der Waals surface area contributed by atoms with Crippen LogP contribution in [0.1, 0.15) is 5.56 Å². The Kier molecular flexibility index (Phi) is 2.81. The molecule has 3 rings (SSSR count). The highest BCUT2D eigenvalue weighted by atomic mass is 32.1. The third-order valence-electron chi connectivity index (χ3n) is 2.81. The maximum atomic E-state index is 13.6. The average Bonchev–Trinajstić information content (AvgIpc) is 2.84. The molecule has 0 saturated heterocycles. The van der Waals surface area contributed by atoms with Crippen LogP contribution in [-0.4, -0.2) is 4.98 Å². The molecule has 0 amide bonds. The van der Waals surface area contributed by atoms with Crippen LogP contribution < -0.4 is 5.73 Å². The minimum Gasteiger partial charge on any atom is -0.326 e. The van der Waals surface area contributed by atoms with E-state index < -0.39 is 0 Å². The molecular formula is C14H11FN2S. The van der Waals surface area contributed by atoms with Gasteiger partial charge < -0.3 is 5.73 Å². The van der Waals surface area contributed by atoms with E-state index >= 15 is 0 Å². The van der Waals surface area contributed by atoms with E-state index in [1.165, 1.54) is 17.4 Å². The lowest BCUT2D eigenvalue weighted by molar-refractivity contribution is 0.642. The third kappa shape index (κ3) is 1.89. The molecule has 2 aromatic heterocycles. The Bertz CT molecular complexity index is 706. The Balaban J connectivity index is 2.16. The van der Waals surface area contributed by atoms with Crippen LogP contribution in [0.25, 0.3) is 20.7 Å². The lowest BCUT2D eigenvalue weighted by Gasteiger charge is -1.99. The first-order valence-electron chi connectivity index (χ1n) is 5.61. The number of halogens is 1. The van der Waals surface area contributed by atoms with Crippen molar-refractivity contribution in [1.29, 1.82) is 0 Å². The van der Waals surface area contributed by atoms with Crippen LogP contribution in [0.15, 0.2) is 42.6 Å². The first-order chi connectivity index (χ1) is 8.78. The van der Waals surface area contributed by atoms with Gasteiger partial charge in [-0.2, -0.15) is 0 Å². The summed E-state index contributed by atoms with van der Waals surface area (Å²) in [5.74, 6) is -0.182. The summed E-state index contributed by atoms with van der Waals surface area (Å²) in [6.07, 6.45) is 1.73. The van der Waals surface area contributed by atoms with Crippen molar-refractivity contribution in [2.75, 3.05) is 0 Å². The van der Waals surface area contributed by atoms with E-state index in [9.17, 15) is 4.39 Å². The smallest absolute Gasteiger partial charge is 0.141 e. The second-order valence-corrected chi connectivity index (χ2v) is 5.07. The average molecular weight is 258 g/mol. The van der Waals surface area contributed by atoms with E-state index in [0.29, 0.717) is 11.2 Å². The standard InChI is InChI=1S/C14H11FN2S/c15-11-3-1-2-10-7-13(18-14(10)11)12-6-9(8-16)4-5-17-12/h1-7H,8,16H2. The zero-order valence-electron chi connectivity index (χ0n) is 9.56. The number of thiophene rings is 1. The van der Waals surface area contributed by atoms with Crippen molar-refractivity contribution in [3.8, 4) is 10.6 Å². The number of pyridine rings is 1. The molecule has 2 nitrogen and oxygen atoms in total. The van der Waals surface area contributed by atoms with Gasteiger partial charge in [0.1, 0.15) is 5.82 Å². The number of aromatic nitrogens is 1. The summed E-state index contributed by atoms with van der Waals surface area (Å²) in [6.45, 7) is 0.481. The predicted octanol–water partition coefficient (Wildman–Crippen LogP) is 3.56. The fourth-order valence-electron chi connectivity index (χ4n) is 1.89. The van der Waals surface area contributed by atoms with Crippen molar-refractivity contribution in [2.45, 2.75) is 6.54 Å². The zero-order valence-corrected chi connectivity index (χ0v) is 10.4. The Labute approximate surface area is 108 Å². The van der Waals surface area contributed by atoms with E-state index in [1.807, 2.05) is 24.3 Å². The molecular weight excluding hydrogens is 247 g/mol. The van der Waals surface area contributed by atoms with Gasteiger partial charge >= 0.3 is 0 Å². The fourth-order valence-corrected chi connectivity index (χ4v) is 2.92. The monoisotopic (exact) mass is 258 g/mol. The summed E-state index contributed by atoms with van der Waals surface area (Å²) in [7, 11) is 0. The SMILES string of the molecule is NCc1ccnc(-c2cc3cccc(F)c3s2)c1. The summed E-state index contributed by atoms with van der Waals surface area (Å²) < 4.78 is 14.3. The molecule has 4 heteroatoms. The van der Waals surface area contributed by atoms with Crippen LogP contribution in [0.4, 0.5) is 4.39 Å². The first-order valence-corrected chi connectivity index (χ1v) is 6.43. The molecule has 0 aliphatic carbocycles. The maximum absolute atomic E-state index is 13.6. The Morgan fingerprint density at radius 3 is 2.89 bits per heavy atom. The number of benzene rings is 1. The largest absolute Gasteiger partial charge is 0.326 e. The normalized spacial score (nSPS) is 11.0. The molecule has 18 heavy (non-hydrogen) atoms. The number of nitrogens with zero attached hydrogens (tertiary/aromatic N) is 1. The van der Waals surface area contributed by atoms with Crippen LogP contribution >= 0.6 is 11.3 Å². The van der Waals surface area contributed by atoms with Crippen LogP contribution in [0, 0.1) is 5.82 Å². The molecule has 0 fully saturated rings. The second-order valence-electron chi connectivity index (χ2n) is 4.02. The molecule has 0 spiro atoms. The number of hydrogen-bond donors (Lipinski definition) is 1. The first kappa shape index (κ1) is 11.3. The number of nitrogens with two attached hydrogens (primary N) is 1. The highest BCUT2D eigenvalue weighted by Gasteiger charge is 2.08. The second kappa shape index (κ2) is 4.48. The van der Waals surface area contributed by atoms with E-state index in [2.05, 4.69) is 4.98 Å². The minimum atomic E-state index is -0.182. The summed E-state index contributed by atoms with van der Waals surface area (Å²) in [6, 6.07) is 10.9. The van der Waals surface area contributed by atoms with E-state index in [4.69, 9.17) is 5.73 Å². The zero-order chi connectivity index (χ0) is 12.5. The Morgan fingerprint density at radius 1 is 1.22 bits per heavy atom. The topological polar surface area (TPSA) is 38.9 Å². The van der Waals surface area contributed by atoms with Gasteiger partial charge in [0.15, 0.2) is 0 Å². The number of fused-ring (bicyclic) bond motifs is 1. The summed E-state index contributed by atoms with van der Waals surface area (Å²) >= 11 is 1.42. The van der Waals surface area contributed by atoms with Gasteiger partial charge in [0.05, 0.1) is 15.3 Å². The maximum Gasteiger partial charge on any atom is 0.141 e. The van der Waals surface area contributed by atoms with Gasteiger partial charge in [-0.15, -0.1) is 11.3 Å². The third-order valence-corrected chi connectivity index (χ3v) is 3.99. The number of rotatable bonds is 2. The van der Waals surface area contributed by atoms with Crippen LogP contribution in [0.3, 0.4) is 0 Å². The predicted molar refractivity (Wildman–Crippen MR) is 72.9 cm³/mol. The molecule has 0 bridgehead atoms. The molecule has 0 aliphatic heterocycles. The van der Waals surface area contributed by atoms with Gasteiger partial charge in [-0.25, -0.2) is 4.39 Å². The molecule has 3 aromatic rings. The van der Waals surface area contributed by atoms with Gasteiger partial charge in [-0.3, -0.25) is 4.98 Å². The summed E-state index contributed by atoms with van der Waals surface area (Å²) in [5, 5.41) is 0.912. The molecule has 0 saturated carbocycles. The van der Waals surface area contributed by atoms with Crippen LogP contribution in [0.2, 0.25) is 0 Å². The van der Waals surface area contributed by atoms with Gasteiger partial charge in [0.2, 0.25) is 0 Å². The summed E-state index contributed by atoms with van der Waals surface area (Å²) in [5.41, 5.74) is 7.48. The quantitative estimate of drug-likeness (QED) is 0.763. The van der Waals surface area contributed by atoms with E-state index in [0.717, 1.165) is 21.5 Å². The van der Waals surface area contributed by atoms with Crippen molar-refractivity contribution in [1.82, 2.24) is 4.98 Å². The molecule has 0 aliphatic rings. The van der Waals surface area contributed by atoms with Crippen molar-refractivity contribution in [3.63, 3.8) is 0 Å².